The van der Waals surface area contributed by atoms with Gasteiger partial charge in [-0.2, -0.15) is 11.8 Å². The molecule has 10 heavy (non-hydrogen) atoms. The molecule has 2 heteroatoms. The van der Waals surface area contributed by atoms with Crippen molar-refractivity contribution in [2.45, 2.75) is 25.8 Å². The molecule has 1 aliphatic carbocycles. The van der Waals surface area contributed by atoms with Gasteiger partial charge in [0.25, 0.3) is 0 Å². The second-order valence-electron chi connectivity index (χ2n) is 2.89. The molecule has 0 aliphatic heterocycles. The van der Waals surface area contributed by atoms with E-state index >= 15 is 0 Å². The molecule has 1 aliphatic rings. The normalized spacial score (nSPS) is 21.0. The third-order valence-corrected chi connectivity index (χ3v) is 3.07. The largest absolute Gasteiger partial charge is 0.316 e. The quantitative estimate of drug-likeness (QED) is 0.656. The molecule has 0 heterocycles. The zero-order valence-electron chi connectivity index (χ0n) is 6.89. The minimum Gasteiger partial charge on any atom is -0.316 e. The van der Waals surface area contributed by atoms with Gasteiger partial charge >= 0.3 is 0 Å². The lowest BCUT2D eigenvalue weighted by atomic mass is 10.2. The molecule has 0 amide bonds. The van der Waals surface area contributed by atoms with E-state index < -0.39 is 0 Å². The molecule has 0 aromatic carbocycles. The fourth-order valence-corrected chi connectivity index (χ4v) is 2.13. The summed E-state index contributed by atoms with van der Waals surface area (Å²) in [6.45, 7) is 2.23. The van der Waals surface area contributed by atoms with Crippen molar-refractivity contribution in [1.29, 1.82) is 0 Å². The Morgan fingerprint density at radius 2 is 2.30 bits per heavy atom. The summed E-state index contributed by atoms with van der Waals surface area (Å²) in [5.41, 5.74) is 0. The highest BCUT2D eigenvalue weighted by atomic mass is 32.2. The maximum absolute atomic E-state index is 3.38. The second-order valence-corrected chi connectivity index (χ2v) is 4.21. The second kappa shape index (κ2) is 4.24. The lowest BCUT2D eigenvalue weighted by molar-refractivity contribution is 0.554. The molecule has 0 aromatic rings. The van der Waals surface area contributed by atoms with Gasteiger partial charge in [0, 0.05) is 11.8 Å². The maximum Gasteiger partial charge on any atom is 0.0183 e. The molecule has 0 saturated heterocycles. The van der Waals surface area contributed by atoms with E-state index in [0.29, 0.717) is 0 Å². The molecule has 60 valence electrons. The molecule has 1 fully saturated rings. The van der Waals surface area contributed by atoms with Gasteiger partial charge in [-0.15, -0.1) is 0 Å². The third kappa shape index (κ3) is 2.51. The average molecular weight is 159 g/mol. The van der Waals surface area contributed by atoms with Gasteiger partial charge in [-0.1, -0.05) is 6.92 Å². The zero-order chi connectivity index (χ0) is 7.40. The zero-order valence-corrected chi connectivity index (χ0v) is 7.71. The summed E-state index contributed by atoms with van der Waals surface area (Å²) in [6.07, 6.45) is 2.91. The summed E-state index contributed by atoms with van der Waals surface area (Å²) in [7, 11) is 2.08. The van der Waals surface area contributed by atoms with E-state index in [1.54, 1.807) is 0 Å². The van der Waals surface area contributed by atoms with E-state index in [0.717, 1.165) is 12.0 Å². The van der Waals surface area contributed by atoms with Crippen molar-refractivity contribution < 1.29 is 0 Å². The van der Waals surface area contributed by atoms with Crippen LogP contribution in [0.1, 0.15) is 19.8 Å². The fourth-order valence-electron chi connectivity index (χ4n) is 1.20. The van der Waals surface area contributed by atoms with E-state index in [1.807, 2.05) is 11.8 Å². The summed E-state index contributed by atoms with van der Waals surface area (Å²) in [4.78, 5) is 0. The van der Waals surface area contributed by atoms with Gasteiger partial charge in [0.15, 0.2) is 0 Å². The van der Waals surface area contributed by atoms with Crippen LogP contribution in [0.15, 0.2) is 0 Å². The van der Waals surface area contributed by atoms with Gasteiger partial charge in [0.1, 0.15) is 0 Å². The van der Waals surface area contributed by atoms with Crippen LogP contribution in [0, 0.1) is 5.92 Å². The monoisotopic (exact) mass is 159 g/mol. The van der Waals surface area contributed by atoms with E-state index in [-0.39, 0.29) is 0 Å². The predicted molar refractivity (Wildman–Crippen MR) is 48.6 cm³/mol. The third-order valence-electron chi connectivity index (χ3n) is 2.06. The lowest BCUT2D eigenvalue weighted by Crippen LogP contribution is -2.29. The number of thioether (sulfide) groups is 1. The van der Waals surface area contributed by atoms with Crippen LogP contribution in [-0.4, -0.2) is 24.6 Å². The van der Waals surface area contributed by atoms with Crippen LogP contribution in [0.25, 0.3) is 0 Å². The van der Waals surface area contributed by atoms with E-state index in [1.165, 1.54) is 24.3 Å². The molecule has 1 unspecified atom stereocenters. The summed E-state index contributed by atoms with van der Waals surface area (Å²) >= 11 is 2.05. The Labute approximate surface area is 68.0 Å². The molecule has 0 aromatic heterocycles. The highest BCUT2D eigenvalue weighted by Crippen LogP contribution is 2.33. The number of hydrogen-bond acceptors (Lipinski definition) is 2. The van der Waals surface area contributed by atoms with Crippen LogP contribution < -0.4 is 5.32 Å². The van der Waals surface area contributed by atoms with Crippen LogP contribution in [0.2, 0.25) is 0 Å². The number of nitrogens with one attached hydrogen (secondary N) is 1. The number of hydrogen-bond donors (Lipinski definition) is 1. The summed E-state index contributed by atoms with van der Waals surface area (Å²) in [5, 5.41) is 3.38. The Kier molecular flexibility index (Phi) is 3.57. The summed E-state index contributed by atoms with van der Waals surface area (Å²) in [5.74, 6) is 3.56. The van der Waals surface area contributed by atoms with Gasteiger partial charge in [0.05, 0.1) is 0 Å². The topological polar surface area (TPSA) is 12.0 Å². The molecular formula is C8H17NS. The average Bonchev–Trinajstić information content (AvgIpc) is 2.73. The standard InChI is InChI=1S/C8H17NS/c1-3-10-6-8(9-2)7-4-5-7/h7-9H,3-6H2,1-2H3. The van der Waals surface area contributed by atoms with Crippen molar-refractivity contribution in [3.8, 4) is 0 Å². The molecule has 1 rings (SSSR count). The fraction of sp³-hybridized carbons (Fsp3) is 1.00. The minimum atomic E-state index is 0.796. The van der Waals surface area contributed by atoms with Crippen molar-refractivity contribution >= 4 is 11.8 Å². The van der Waals surface area contributed by atoms with E-state index in [4.69, 9.17) is 0 Å². The molecule has 1 nitrogen and oxygen atoms in total. The molecule has 0 bridgehead atoms. The van der Waals surface area contributed by atoms with Gasteiger partial charge < -0.3 is 5.32 Å². The van der Waals surface area contributed by atoms with E-state index in [2.05, 4.69) is 19.3 Å². The van der Waals surface area contributed by atoms with Gasteiger partial charge in [-0.05, 0) is 31.6 Å². The maximum atomic E-state index is 3.38. The highest BCUT2D eigenvalue weighted by molar-refractivity contribution is 7.99. The van der Waals surface area contributed by atoms with E-state index in [9.17, 15) is 0 Å². The lowest BCUT2D eigenvalue weighted by Gasteiger charge is -2.13. The molecule has 1 N–H and O–H groups in total. The Bertz CT molecular complexity index is 91.3. The van der Waals surface area contributed by atoms with Crippen LogP contribution in [-0.2, 0) is 0 Å². The summed E-state index contributed by atoms with van der Waals surface area (Å²) < 4.78 is 0. The predicted octanol–water partition coefficient (Wildman–Crippen LogP) is 1.74. The molecule has 1 atom stereocenters. The van der Waals surface area contributed by atoms with Crippen molar-refractivity contribution in [3.63, 3.8) is 0 Å². The van der Waals surface area contributed by atoms with Crippen LogP contribution in [0.3, 0.4) is 0 Å². The van der Waals surface area contributed by atoms with Gasteiger partial charge in [-0.3, -0.25) is 0 Å². The van der Waals surface area contributed by atoms with Crippen LogP contribution in [0.4, 0.5) is 0 Å². The molecule has 0 radical (unpaired) electrons. The highest BCUT2D eigenvalue weighted by Gasteiger charge is 2.29. The van der Waals surface area contributed by atoms with Crippen molar-refractivity contribution in [1.82, 2.24) is 5.32 Å². The summed E-state index contributed by atoms with van der Waals surface area (Å²) in [6, 6.07) is 0.796. The van der Waals surface area contributed by atoms with Gasteiger partial charge in [-0.25, -0.2) is 0 Å². The Balaban J connectivity index is 2.07. The molecule has 0 spiro atoms. The Hall–Kier alpha value is 0.310. The SMILES string of the molecule is CCSCC(NC)C1CC1. The first kappa shape index (κ1) is 8.41. The first-order valence-corrected chi connectivity index (χ1v) is 5.29. The number of rotatable bonds is 5. The Morgan fingerprint density at radius 1 is 1.60 bits per heavy atom. The molecular weight excluding hydrogens is 142 g/mol. The first-order chi connectivity index (χ1) is 4.88. The van der Waals surface area contributed by atoms with Crippen molar-refractivity contribution in [2.75, 3.05) is 18.6 Å². The van der Waals surface area contributed by atoms with Crippen LogP contribution in [0.5, 0.6) is 0 Å². The smallest absolute Gasteiger partial charge is 0.0183 e. The van der Waals surface area contributed by atoms with Gasteiger partial charge in [0.2, 0.25) is 0 Å². The van der Waals surface area contributed by atoms with Crippen molar-refractivity contribution in [2.24, 2.45) is 5.92 Å². The minimum absolute atomic E-state index is 0.796. The van der Waals surface area contributed by atoms with Crippen LogP contribution >= 0.6 is 11.8 Å². The van der Waals surface area contributed by atoms with Crippen molar-refractivity contribution in [3.05, 3.63) is 0 Å². The Morgan fingerprint density at radius 3 is 2.70 bits per heavy atom. The molecule has 1 saturated carbocycles. The first-order valence-electron chi connectivity index (χ1n) is 4.13.